The van der Waals surface area contributed by atoms with Crippen molar-refractivity contribution in [1.29, 1.82) is 0 Å². The molecule has 1 aliphatic heterocycles. The first-order valence-corrected chi connectivity index (χ1v) is 7.16. The average molecular weight is 392 g/mol. The van der Waals surface area contributed by atoms with Gasteiger partial charge in [-0.15, -0.1) is 0 Å². The van der Waals surface area contributed by atoms with Gasteiger partial charge in [-0.2, -0.15) is 10.1 Å². The molecule has 1 N–H and O–H groups in total. The van der Waals surface area contributed by atoms with Gasteiger partial charge in [-0.1, -0.05) is 12.1 Å². The van der Waals surface area contributed by atoms with Crippen LogP contribution in [0, 0.1) is 3.57 Å². The zero-order valence-electron chi connectivity index (χ0n) is 10.7. The van der Waals surface area contributed by atoms with Gasteiger partial charge in [0, 0.05) is 0 Å². The molecule has 0 fully saturated rings. The molecule has 2 aromatic carbocycles. The minimum Gasteiger partial charge on any atom is -0.507 e. The highest BCUT2D eigenvalue weighted by atomic mass is 127. The van der Waals surface area contributed by atoms with Crippen molar-refractivity contribution in [1.82, 2.24) is 5.01 Å². The Hall–Kier alpha value is -2.22. The molecule has 3 rings (SSSR count). The van der Waals surface area contributed by atoms with Crippen LogP contribution in [-0.4, -0.2) is 28.1 Å². The third-order valence-corrected chi connectivity index (χ3v) is 3.93. The summed E-state index contributed by atoms with van der Waals surface area (Å²) >= 11 is 1.99. The number of phenols is 1. The molecule has 0 saturated carbocycles. The van der Waals surface area contributed by atoms with Gasteiger partial charge in [0.1, 0.15) is 5.75 Å². The van der Waals surface area contributed by atoms with E-state index in [-0.39, 0.29) is 5.75 Å². The van der Waals surface area contributed by atoms with Gasteiger partial charge in [-0.25, -0.2) is 0 Å². The predicted octanol–water partition coefficient (Wildman–Crippen LogP) is 2.63. The maximum Gasteiger partial charge on any atom is 0.282 e. The van der Waals surface area contributed by atoms with Gasteiger partial charge in [0.25, 0.3) is 11.8 Å². The zero-order valence-corrected chi connectivity index (χ0v) is 12.8. The first-order valence-electron chi connectivity index (χ1n) is 6.08. The van der Waals surface area contributed by atoms with Crippen LogP contribution in [0.4, 0.5) is 0 Å². The summed E-state index contributed by atoms with van der Waals surface area (Å²) < 4.78 is 0.666. The fourth-order valence-electron chi connectivity index (χ4n) is 2.01. The van der Waals surface area contributed by atoms with E-state index < -0.39 is 11.8 Å². The lowest BCUT2D eigenvalue weighted by Crippen LogP contribution is -2.23. The second-order valence-corrected chi connectivity index (χ2v) is 5.59. The Bertz CT molecular complexity index is 751. The summed E-state index contributed by atoms with van der Waals surface area (Å²) in [6.07, 6.45) is 1.42. The number of hydrazone groups is 1. The molecule has 5 nitrogen and oxygen atoms in total. The van der Waals surface area contributed by atoms with Crippen molar-refractivity contribution in [3.63, 3.8) is 0 Å². The van der Waals surface area contributed by atoms with Crippen LogP contribution in [0.2, 0.25) is 0 Å². The van der Waals surface area contributed by atoms with Crippen molar-refractivity contribution >= 4 is 40.6 Å². The third kappa shape index (κ3) is 2.42. The van der Waals surface area contributed by atoms with Gasteiger partial charge in [0.05, 0.1) is 20.9 Å². The Morgan fingerprint density at radius 1 is 1.05 bits per heavy atom. The molecule has 0 bridgehead atoms. The average Bonchev–Trinajstić information content (AvgIpc) is 2.73. The van der Waals surface area contributed by atoms with E-state index in [1.54, 1.807) is 36.4 Å². The molecular weight excluding hydrogens is 383 g/mol. The minimum absolute atomic E-state index is 0.175. The predicted molar refractivity (Wildman–Crippen MR) is 85.4 cm³/mol. The van der Waals surface area contributed by atoms with Crippen LogP contribution < -0.4 is 0 Å². The van der Waals surface area contributed by atoms with Crippen molar-refractivity contribution in [3.05, 3.63) is 62.7 Å². The smallest absolute Gasteiger partial charge is 0.282 e. The van der Waals surface area contributed by atoms with Crippen molar-refractivity contribution in [2.75, 3.05) is 0 Å². The molecule has 0 aliphatic carbocycles. The van der Waals surface area contributed by atoms with E-state index in [1.165, 1.54) is 12.3 Å². The Balaban J connectivity index is 1.89. The van der Waals surface area contributed by atoms with E-state index in [4.69, 9.17) is 0 Å². The summed E-state index contributed by atoms with van der Waals surface area (Å²) in [6.45, 7) is 0. The van der Waals surface area contributed by atoms with E-state index in [1.807, 2.05) is 22.6 Å². The van der Waals surface area contributed by atoms with Gasteiger partial charge in [-0.3, -0.25) is 9.59 Å². The largest absolute Gasteiger partial charge is 0.507 e. The number of benzene rings is 2. The molecule has 6 heteroatoms. The monoisotopic (exact) mass is 392 g/mol. The summed E-state index contributed by atoms with van der Waals surface area (Å²) in [6, 6.07) is 11.5. The molecule has 1 aliphatic rings. The normalized spacial score (nSPS) is 14.0. The second-order valence-electron chi connectivity index (χ2n) is 4.42. The van der Waals surface area contributed by atoms with E-state index in [0.717, 1.165) is 5.01 Å². The lowest BCUT2D eigenvalue weighted by Gasteiger charge is -2.05. The summed E-state index contributed by atoms with van der Waals surface area (Å²) in [5, 5.41) is 14.3. The fourth-order valence-corrected chi connectivity index (χ4v) is 2.55. The second kappa shape index (κ2) is 5.28. The van der Waals surface area contributed by atoms with Crippen LogP contribution in [0.15, 0.2) is 47.6 Å². The number of hydrogen-bond acceptors (Lipinski definition) is 4. The lowest BCUT2D eigenvalue weighted by molar-refractivity contribution is 0.0660. The zero-order chi connectivity index (χ0) is 15.0. The molecule has 2 amide bonds. The molecule has 0 radical (unpaired) electrons. The molecule has 0 aromatic heterocycles. The fraction of sp³-hybridized carbons (Fsp3) is 0. The number of aromatic hydroxyl groups is 1. The molecular formula is C15H9IN2O3. The number of carbonyl (C=O) groups is 2. The van der Waals surface area contributed by atoms with E-state index in [9.17, 15) is 14.7 Å². The molecule has 2 aromatic rings. The highest BCUT2D eigenvalue weighted by Crippen LogP contribution is 2.23. The molecule has 0 spiro atoms. The third-order valence-electron chi connectivity index (χ3n) is 3.07. The number of phenolic OH excluding ortho intramolecular Hbond substituents is 1. The van der Waals surface area contributed by atoms with Crippen LogP contribution in [0.25, 0.3) is 0 Å². The molecule has 0 unspecified atom stereocenters. The molecule has 0 saturated heterocycles. The first-order chi connectivity index (χ1) is 10.1. The minimum atomic E-state index is -0.430. The van der Waals surface area contributed by atoms with Crippen molar-refractivity contribution in [2.24, 2.45) is 5.10 Å². The van der Waals surface area contributed by atoms with Gasteiger partial charge >= 0.3 is 0 Å². The van der Waals surface area contributed by atoms with Crippen molar-refractivity contribution in [3.8, 4) is 5.75 Å². The molecule has 21 heavy (non-hydrogen) atoms. The maximum atomic E-state index is 12.1. The molecule has 104 valence electrons. The van der Waals surface area contributed by atoms with Gasteiger partial charge in [-0.05, 0) is 58.5 Å². The van der Waals surface area contributed by atoms with Crippen LogP contribution >= 0.6 is 22.6 Å². The number of nitrogens with zero attached hydrogens (tertiary/aromatic N) is 2. The van der Waals surface area contributed by atoms with Crippen molar-refractivity contribution < 1.29 is 14.7 Å². The first kappa shape index (κ1) is 13.7. The van der Waals surface area contributed by atoms with Gasteiger partial charge < -0.3 is 5.11 Å². The lowest BCUT2D eigenvalue weighted by atomic mass is 10.1. The number of imide groups is 1. The van der Waals surface area contributed by atoms with Gasteiger partial charge in [0.15, 0.2) is 0 Å². The van der Waals surface area contributed by atoms with Crippen LogP contribution in [0.3, 0.4) is 0 Å². The Kier molecular flexibility index (Phi) is 3.46. The molecule has 0 atom stereocenters. The number of carbonyl (C=O) groups excluding carboxylic acids is 2. The quantitative estimate of drug-likeness (QED) is 0.486. The number of rotatable bonds is 2. The summed E-state index contributed by atoms with van der Waals surface area (Å²) in [5.74, 6) is -0.686. The van der Waals surface area contributed by atoms with E-state index in [0.29, 0.717) is 20.3 Å². The summed E-state index contributed by atoms with van der Waals surface area (Å²) in [7, 11) is 0. The van der Waals surface area contributed by atoms with E-state index in [2.05, 4.69) is 5.10 Å². The van der Waals surface area contributed by atoms with E-state index >= 15 is 0 Å². The van der Waals surface area contributed by atoms with Crippen LogP contribution in [0.1, 0.15) is 26.3 Å². The number of amides is 2. The van der Waals surface area contributed by atoms with Crippen molar-refractivity contribution in [2.45, 2.75) is 0 Å². The number of hydrogen-bond donors (Lipinski definition) is 1. The van der Waals surface area contributed by atoms with Crippen LogP contribution in [0.5, 0.6) is 5.75 Å². The highest BCUT2D eigenvalue weighted by Gasteiger charge is 2.35. The summed E-state index contributed by atoms with van der Waals surface area (Å²) in [4.78, 5) is 24.2. The highest BCUT2D eigenvalue weighted by molar-refractivity contribution is 14.1. The number of fused-ring (bicyclic) bond motifs is 1. The van der Waals surface area contributed by atoms with Crippen LogP contribution in [-0.2, 0) is 0 Å². The maximum absolute atomic E-state index is 12.1. The summed E-state index contributed by atoms with van der Waals surface area (Å²) in [5.41, 5.74) is 1.41. The Morgan fingerprint density at radius 2 is 1.67 bits per heavy atom. The Morgan fingerprint density at radius 3 is 2.24 bits per heavy atom. The number of halogens is 1. The molecule has 1 heterocycles. The standard InChI is InChI=1S/C15H9IN2O3/c16-12-7-9(5-6-13(12)19)8-17-18-14(20)10-3-1-2-4-11(10)15(18)21/h1-8,19H/b17-8-. The topological polar surface area (TPSA) is 70.0 Å². The SMILES string of the molecule is O=C1c2ccccc2C(=O)N1/N=C\c1ccc(O)c(I)c1. The Labute approximate surface area is 134 Å². The van der Waals surface area contributed by atoms with Gasteiger partial charge in [0.2, 0.25) is 0 Å².